The van der Waals surface area contributed by atoms with Gasteiger partial charge in [0.2, 0.25) is 5.79 Å². The summed E-state index contributed by atoms with van der Waals surface area (Å²) in [6.07, 6.45) is 8.67. The molecule has 3 aliphatic heterocycles. The van der Waals surface area contributed by atoms with Gasteiger partial charge in [0.05, 0.1) is 41.0 Å². The van der Waals surface area contributed by atoms with Gasteiger partial charge in [-0.05, 0) is 125 Å². The zero-order chi connectivity index (χ0) is 56.2. The standard InChI is InChI=1S/C58H84Cl2N2O14/c1-12-48(71-9)36(5)30-41-22-23-44(62(76-41)51-42(59)18-15-19-43(51)60)33(2)27-37(6)52(65)54(73-11)53(66)38(7)28-34(3)47(64)32-49(35(4)29-40-21-24-46(63)50(31-40)72-10)75-57(69)45-20-13-14-25-61(45)56(68)55(67)58(70)39(8)17-16-26-74-58/h12,15,18-19,22-23,28,30,33-35,37,39-41,44-46,48-50,53-54,63,66,70H,1,13-14,16-17,20-21,24-27,29,31-32H2,2-11H3/b36-30+,38-28+/t33-,34+,35+,37+,39+,40-,41?,44?,45-,46+,48-,49-,50+,53+,54-,58+/m0/s1. The third-order valence-electron chi connectivity index (χ3n) is 16.1. The molecule has 3 N–H and O–H groups in total. The minimum Gasteiger partial charge on any atom is -0.460 e. The first kappa shape index (κ1) is 63.0. The number of nitrogens with zero attached hydrogens (tertiary/aromatic N) is 2. The smallest absolute Gasteiger partial charge is 0.329 e. The van der Waals surface area contributed by atoms with Crippen LogP contribution in [0, 0.1) is 35.5 Å². The molecule has 1 aromatic rings. The lowest BCUT2D eigenvalue weighted by Gasteiger charge is -2.40. The first-order valence-corrected chi connectivity index (χ1v) is 27.8. The van der Waals surface area contributed by atoms with Gasteiger partial charge in [0.25, 0.3) is 11.7 Å². The maximum Gasteiger partial charge on any atom is 0.329 e. The highest BCUT2D eigenvalue weighted by Gasteiger charge is 2.51. The van der Waals surface area contributed by atoms with Crippen LogP contribution in [0.2, 0.25) is 10.0 Å². The van der Waals surface area contributed by atoms with Crippen molar-refractivity contribution < 1.29 is 67.8 Å². The molecular formula is C58H84Cl2N2O14. The van der Waals surface area contributed by atoms with E-state index in [2.05, 4.69) is 6.58 Å². The van der Waals surface area contributed by atoms with Crippen LogP contribution in [-0.2, 0) is 52.5 Å². The van der Waals surface area contributed by atoms with E-state index in [1.807, 2.05) is 39.0 Å². The maximum absolute atomic E-state index is 14.3. The number of aliphatic hydroxyl groups excluding tert-OH is 2. The number of hydrogen-bond acceptors (Lipinski definition) is 15. The number of likely N-dealkylation sites (tertiary alicyclic amines) is 1. The van der Waals surface area contributed by atoms with Crippen molar-refractivity contribution in [3.63, 3.8) is 0 Å². The number of amides is 1. The molecule has 0 bridgehead atoms. The van der Waals surface area contributed by atoms with Crippen molar-refractivity contribution in [2.24, 2.45) is 35.5 Å². The molecule has 3 heterocycles. The van der Waals surface area contributed by atoms with Crippen molar-refractivity contribution in [2.75, 3.05) is 39.5 Å². The Kier molecular flexibility index (Phi) is 24.0. The van der Waals surface area contributed by atoms with E-state index in [0.29, 0.717) is 79.1 Å². The number of ketones is 3. The summed E-state index contributed by atoms with van der Waals surface area (Å²) in [5.41, 5.74) is 1.70. The van der Waals surface area contributed by atoms with Crippen LogP contribution in [-0.4, -0.2) is 145 Å². The zero-order valence-corrected chi connectivity index (χ0v) is 47.7. The highest BCUT2D eigenvalue weighted by atomic mass is 35.5. The van der Waals surface area contributed by atoms with E-state index in [4.69, 9.17) is 51.7 Å². The topological polar surface area (TPSA) is 208 Å². The van der Waals surface area contributed by atoms with Gasteiger partial charge in [-0.25, -0.2) is 9.86 Å². The lowest BCUT2D eigenvalue weighted by atomic mass is 9.78. The number of aliphatic hydroxyl groups is 3. The molecule has 1 saturated carbocycles. The third-order valence-corrected chi connectivity index (χ3v) is 16.7. The largest absolute Gasteiger partial charge is 0.460 e. The summed E-state index contributed by atoms with van der Waals surface area (Å²) in [6, 6.07) is 3.65. The van der Waals surface area contributed by atoms with Gasteiger partial charge >= 0.3 is 5.97 Å². The van der Waals surface area contributed by atoms with Gasteiger partial charge in [-0.1, -0.05) is 88.2 Å². The molecule has 18 heteroatoms. The lowest BCUT2D eigenvalue weighted by molar-refractivity contribution is -0.241. The molecule has 1 aromatic carbocycles. The number of allylic oxidation sites excluding steroid dienone is 1. The van der Waals surface area contributed by atoms with Crippen molar-refractivity contribution in [3.8, 4) is 0 Å². The van der Waals surface area contributed by atoms with E-state index in [9.17, 15) is 39.3 Å². The predicted octanol–water partition coefficient (Wildman–Crippen LogP) is 8.53. The summed E-state index contributed by atoms with van der Waals surface area (Å²) in [5.74, 6) is -8.38. The van der Waals surface area contributed by atoms with Crippen molar-refractivity contribution in [2.45, 2.75) is 180 Å². The van der Waals surface area contributed by atoms with Crippen LogP contribution in [0.3, 0.4) is 0 Å². The summed E-state index contributed by atoms with van der Waals surface area (Å²) in [4.78, 5) is 78.0. The summed E-state index contributed by atoms with van der Waals surface area (Å²) in [7, 11) is 4.51. The lowest BCUT2D eigenvalue weighted by Crippen LogP contribution is -2.59. The Morgan fingerprint density at radius 2 is 1.64 bits per heavy atom. The number of piperidine rings is 1. The van der Waals surface area contributed by atoms with Gasteiger partial charge in [-0.15, -0.1) is 6.58 Å². The van der Waals surface area contributed by atoms with E-state index in [-0.39, 0.29) is 67.5 Å². The molecule has 2 saturated heterocycles. The minimum absolute atomic E-state index is 0.0929. The fourth-order valence-electron chi connectivity index (χ4n) is 11.3. The molecule has 76 heavy (non-hydrogen) atoms. The van der Waals surface area contributed by atoms with E-state index >= 15 is 0 Å². The number of hydroxylamine groups is 1. The van der Waals surface area contributed by atoms with Crippen molar-refractivity contribution in [1.82, 2.24) is 4.90 Å². The summed E-state index contributed by atoms with van der Waals surface area (Å²) < 4.78 is 28.5. The molecule has 424 valence electrons. The van der Waals surface area contributed by atoms with Crippen LogP contribution in [0.15, 0.2) is 66.3 Å². The van der Waals surface area contributed by atoms with Gasteiger partial charge in [-0.2, -0.15) is 0 Å². The number of rotatable bonds is 25. The number of Topliss-reactive ketones (excluding diaryl/α,β-unsaturated/α-hetero) is 3. The number of methoxy groups -OCH3 is 3. The van der Waals surface area contributed by atoms with Crippen LogP contribution >= 0.6 is 23.2 Å². The van der Waals surface area contributed by atoms with Crippen LogP contribution in [0.25, 0.3) is 0 Å². The van der Waals surface area contributed by atoms with Crippen LogP contribution in [0.5, 0.6) is 0 Å². The van der Waals surface area contributed by atoms with E-state index in [1.54, 1.807) is 77.3 Å². The minimum atomic E-state index is -2.30. The molecule has 16 nitrogen and oxygen atoms in total. The van der Waals surface area contributed by atoms with Crippen molar-refractivity contribution in [1.29, 1.82) is 0 Å². The Balaban J connectivity index is 1.31. The molecule has 3 fully saturated rings. The number of carbonyl (C=O) groups is 5. The molecule has 1 aliphatic carbocycles. The predicted molar refractivity (Wildman–Crippen MR) is 290 cm³/mol. The first-order valence-electron chi connectivity index (χ1n) is 27.0. The van der Waals surface area contributed by atoms with Crippen molar-refractivity contribution in [3.05, 3.63) is 76.3 Å². The number of esters is 1. The van der Waals surface area contributed by atoms with Crippen LogP contribution < -0.4 is 5.06 Å². The number of anilines is 1. The second-order valence-electron chi connectivity index (χ2n) is 21.8. The molecule has 4 aliphatic rings. The zero-order valence-electron chi connectivity index (χ0n) is 46.2. The number of benzene rings is 1. The monoisotopic (exact) mass is 1100 g/mol. The number of hydrogen-bond donors (Lipinski definition) is 3. The quantitative estimate of drug-likeness (QED) is 0.0476. The average Bonchev–Trinajstić information content (AvgIpc) is 3.39. The van der Waals surface area contributed by atoms with Gasteiger partial charge in [0.1, 0.15) is 41.9 Å². The molecule has 16 atom stereocenters. The highest BCUT2D eigenvalue weighted by molar-refractivity contribution is 6.39. The Hall–Kier alpha value is -3.81. The molecule has 0 radical (unpaired) electrons. The number of carbonyl (C=O) groups excluding carboxylic acids is 5. The molecule has 0 aromatic heterocycles. The number of para-hydroxylation sites is 1. The molecule has 5 rings (SSSR count). The normalized spacial score (nSPS) is 28.8. The van der Waals surface area contributed by atoms with E-state index in [0.717, 1.165) is 5.57 Å². The van der Waals surface area contributed by atoms with E-state index in [1.165, 1.54) is 12.0 Å². The fraction of sp³-hybridized carbons (Fsp3) is 0.672. The van der Waals surface area contributed by atoms with Crippen LogP contribution in [0.1, 0.15) is 119 Å². The summed E-state index contributed by atoms with van der Waals surface area (Å²) in [6.45, 7) is 16.6. The molecule has 2 unspecified atom stereocenters. The Morgan fingerprint density at radius 1 is 0.947 bits per heavy atom. The SMILES string of the molecule is C=C[C@H](OC)/C(C)=C/C1C=CC([C@@H](C)C[C@@H](C)C(=O)[C@H](OC)[C@H](O)/C(C)=C/[C@@H](C)C(=O)C[C@H](OC(=O)[C@@H]2CCCCN2C(=O)C(=O)[C@]2(O)OCCC[C@H]2C)[C@H](C)C[C@@H]2CC[C@@H](O)[C@H](OC)C2)N(c2c(Cl)cccc2Cl)O1. The molecule has 1 amide bonds. The van der Waals surface area contributed by atoms with Gasteiger partial charge in [-0.3, -0.25) is 24.0 Å². The second-order valence-corrected chi connectivity index (χ2v) is 22.6. The Morgan fingerprint density at radius 3 is 2.28 bits per heavy atom. The van der Waals surface area contributed by atoms with Crippen molar-refractivity contribution >= 4 is 58.1 Å². The first-order chi connectivity index (χ1) is 36.0. The summed E-state index contributed by atoms with van der Waals surface area (Å²) in [5, 5.41) is 35.9. The number of ether oxygens (including phenoxy) is 5. The fourth-order valence-corrected chi connectivity index (χ4v) is 11.9. The highest BCUT2D eigenvalue weighted by Crippen LogP contribution is 2.40. The molecular weight excluding hydrogens is 1020 g/mol. The second kappa shape index (κ2) is 28.9. The maximum atomic E-state index is 14.3. The summed E-state index contributed by atoms with van der Waals surface area (Å²) >= 11 is 13.5. The number of halogens is 2. The van der Waals surface area contributed by atoms with Gasteiger partial charge in [0.15, 0.2) is 5.78 Å². The molecule has 0 spiro atoms. The average molecular weight is 1100 g/mol. The van der Waals surface area contributed by atoms with Gasteiger partial charge < -0.3 is 43.9 Å². The van der Waals surface area contributed by atoms with E-state index < -0.39 is 83.8 Å². The van der Waals surface area contributed by atoms with Crippen LogP contribution in [0.4, 0.5) is 5.69 Å². The van der Waals surface area contributed by atoms with Gasteiger partial charge in [0, 0.05) is 52.0 Å². The Bertz CT molecular complexity index is 2250. The third kappa shape index (κ3) is 15.5. The Labute approximate surface area is 460 Å².